The Kier molecular flexibility index (Phi) is 5.64. The van der Waals surface area contributed by atoms with E-state index in [0.29, 0.717) is 6.04 Å². The van der Waals surface area contributed by atoms with Crippen molar-refractivity contribution in [2.75, 3.05) is 25.0 Å². The normalized spacial score (nSPS) is 24.8. The van der Waals surface area contributed by atoms with Gasteiger partial charge in [0.05, 0.1) is 6.04 Å². The molecule has 1 saturated heterocycles. The fourth-order valence-electron chi connectivity index (χ4n) is 3.72. The lowest BCUT2D eigenvalue weighted by Gasteiger charge is -2.22. The first kappa shape index (κ1) is 17.1. The third kappa shape index (κ3) is 4.22. The molecule has 0 radical (unpaired) electrons. The molecule has 1 aromatic carbocycles. The highest BCUT2D eigenvalue weighted by Gasteiger charge is 2.36. The van der Waals surface area contributed by atoms with E-state index in [-0.39, 0.29) is 6.04 Å². The number of guanidine groups is 1. The van der Waals surface area contributed by atoms with Crippen LogP contribution in [0.2, 0.25) is 0 Å². The highest BCUT2D eigenvalue weighted by molar-refractivity contribution is 5.80. The van der Waals surface area contributed by atoms with Gasteiger partial charge in [0.2, 0.25) is 0 Å². The molecule has 3 unspecified atom stereocenters. The number of hydrogen-bond donors (Lipinski definition) is 2. The smallest absolute Gasteiger partial charge is 0.191 e. The van der Waals surface area contributed by atoms with Crippen LogP contribution >= 0.6 is 0 Å². The first-order chi connectivity index (χ1) is 11.7. The molecule has 4 heteroatoms. The van der Waals surface area contributed by atoms with Crippen LogP contribution in [-0.4, -0.2) is 32.1 Å². The van der Waals surface area contributed by atoms with Crippen molar-refractivity contribution in [2.45, 2.75) is 58.0 Å². The van der Waals surface area contributed by atoms with Crippen LogP contribution in [0.3, 0.4) is 0 Å². The summed E-state index contributed by atoms with van der Waals surface area (Å²) in [5.41, 5.74) is 2.68. The molecular weight excluding hydrogens is 296 g/mol. The van der Waals surface area contributed by atoms with Gasteiger partial charge in [-0.2, -0.15) is 0 Å². The summed E-state index contributed by atoms with van der Waals surface area (Å²) in [6.45, 7) is 6.86. The van der Waals surface area contributed by atoms with E-state index in [2.05, 4.69) is 58.6 Å². The average Bonchev–Trinajstić information content (AvgIpc) is 3.11. The highest BCUT2D eigenvalue weighted by atomic mass is 15.2. The molecule has 24 heavy (non-hydrogen) atoms. The number of nitrogens with one attached hydrogen (secondary N) is 2. The largest absolute Gasteiger partial charge is 0.372 e. The molecule has 132 valence electrons. The Bertz CT molecular complexity index is 563. The SMILES string of the molecule is CCCC1CC1NC(=NC)NC(C)c1cccc(N2CCCC2)c1. The summed E-state index contributed by atoms with van der Waals surface area (Å²) in [6.07, 6.45) is 6.51. The summed E-state index contributed by atoms with van der Waals surface area (Å²) in [7, 11) is 1.86. The molecule has 1 heterocycles. The second-order valence-electron chi connectivity index (χ2n) is 7.26. The summed E-state index contributed by atoms with van der Waals surface area (Å²) >= 11 is 0. The van der Waals surface area contributed by atoms with Crippen LogP contribution in [0, 0.1) is 5.92 Å². The molecule has 3 atom stereocenters. The average molecular weight is 329 g/mol. The zero-order chi connectivity index (χ0) is 16.9. The van der Waals surface area contributed by atoms with Gasteiger partial charge in [0.15, 0.2) is 5.96 Å². The van der Waals surface area contributed by atoms with Crippen molar-refractivity contribution in [2.24, 2.45) is 10.9 Å². The molecule has 1 aromatic rings. The minimum Gasteiger partial charge on any atom is -0.372 e. The van der Waals surface area contributed by atoms with Crippen molar-refractivity contribution in [1.82, 2.24) is 10.6 Å². The van der Waals surface area contributed by atoms with Crippen molar-refractivity contribution in [1.29, 1.82) is 0 Å². The zero-order valence-corrected chi connectivity index (χ0v) is 15.4. The Labute approximate surface area is 146 Å². The lowest BCUT2D eigenvalue weighted by Crippen LogP contribution is -2.40. The first-order valence-corrected chi connectivity index (χ1v) is 9.56. The van der Waals surface area contributed by atoms with Crippen LogP contribution < -0.4 is 15.5 Å². The molecule has 2 N–H and O–H groups in total. The maximum Gasteiger partial charge on any atom is 0.191 e. The molecule has 1 aliphatic heterocycles. The minimum atomic E-state index is 0.252. The summed E-state index contributed by atoms with van der Waals surface area (Å²) in [6, 6.07) is 9.81. The molecule has 0 bridgehead atoms. The molecule has 2 aliphatic rings. The van der Waals surface area contributed by atoms with E-state index in [9.17, 15) is 0 Å². The lowest BCUT2D eigenvalue weighted by atomic mass is 10.1. The van der Waals surface area contributed by atoms with E-state index < -0.39 is 0 Å². The van der Waals surface area contributed by atoms with Crippen LogP contribution in [0.15, 0.2) is 29.3 Å². The van der Waals surface area contributed by atoms with Crippen LogP contribution in [0.5, 0.6) is 0 Å². The lowest BCUT2D eigenvalue weighted by molar-refractivity contribution is 0.639. The molecule has 0 spiro atoms. The second kappa shape index (κ2) is 7.91. The Hall–Kier alpha value is -1.71. The number of nitrogens with zero attached hydrogens (tertiary/aromatic N) is 2. The third-order valence-corrected chi connectivity index (χ3v) is 5.32. The van der Waals surface area contributed by atoms with Gasteiger partial charge in [-0.1, -0.05) is 25.5 Å². The van der Waals surface area contributed by atoms with Gasteiger partial charge < -0.3 is 15.5 Å². The minimum absolute atomic E-state index is 0.252. The standard InChI is InChI=1S/C20H32N4/c1-4-8-17-14-19(17)23-20(21-3)22-15(2)16-9-7-10-18(13-16)24-11-5-6-12-24/h7,9-10,13,15,17,19H,4-6,8,11-12,14H2,1-3H3,(H2,21,22,23). The number of hydrogen-bond acceptors (Lipinski definition) is 2. The van der Waals surface area contributed by atoms with E-state index in [0.717, 1.165) is 11.9 Å². The van der Waals surface area contributed by atoms with E-state index >= 15 is 0 Å². The molecule has 4 nitrogen and oxygen atoms in total. The molecule has 0 amide bonds. The Morgan fingerprint density at radius 1 is 1.33 bits per heavy atom. The molecule has 0 aromatic heterocycles. The first-order valence-electron chi connectivity index (χ1n) is 9.56. The van der Waals surface area contributed by atoms with Gasteiger partial charge in [-0.15, -0.1) is 0 Å². The van der Waals surface area contributed by atoms with E-state index in [1.807, 2.05) is 7.05 Å². The topological polar surface area (TPSA) is 39.7 Å². The molecule has 1 saturated carbocycles. The Morgan fingerprint density at radius 3 is 2.83 bits per heavy atom. The molecular formula is C20H32N4. The van der Waals surface area contributed by atoms with Gasteiger partial charge in [-0.05, 0) is 56.2 Å². The quantitative estimate of drug-likeness (QED) is 0.618. The Morgan fingerprint density at radius 2 is 2.12 bits per heavy atom. The maximum absolute atomic E-state index is 4.41. The van der Waals surface area contributed by atoms with Crippen molar-refractivity contribution >= 4 is 11.6 Å². The predicted octanol–water partition coefficient (Wildman–Crippen LogP) is 3.70. The number of aliphatic imine (C=N–C) groups is 1. The fourth-order valence-corrected chi connectivity index (χ4v) is 3.72. The van der Waals surface area contributed by atoms with E-state index in [4.69, 9.17) is 0 Å². The molecule has 3 rings (SSSR count). The van der Waals surface area contributed by atoms with E-state index in [1.165, 1.54) is 56.4 Å². The fraction of sp³-hybridized carbons (Fsp3) is 0.650. The van der Waals surface area contributed by atoms with Gasteiger partial charge >= 0.3 is 0 Å². The van der Waals surface area contributed by atoms with Gasteiger partial charge in [0.1, 0.15) is 0 Å². The van der Waals surface area contributed by atoms with Gasteiger partial charge in [-0.3, -0.25) is 4.99 Å². The number of rotatable bonds is 6. The second-order valence-corrected chi connectivity index (χ2v) is 7.26. The summed E-state index contributed by atoms with van der Waals surface area (Å²) in [5.74, 6) is 1.76. The van der Waals surface area contributed by atoms with Crippen molar-refractivity contribution in [3.63, 3.8) is 0 Å². The molecule has 1 aliphatic carbocycles. The van der Waals surface area contributed by atoms with Crippen LogP contribution in [0.25, 0.3) is 0 Å². The predicted molar refractivity (Wildman–Crippen MR) is 103 cm³/mol. The molecule has 2 fully saturated rings. The van der Waals surface area contributed by atoms with Gasteiger partial charge in [0.25, 0.3) is 0 Å². The monoisotopic (exact) mass is 328 g/mol. The summed E-state index contributed by atoms with van der Waals surface area (Å²) in [5, 5.41) is 7.13. The van der Waals surface area contributed by atoms with Crippen molar-refractivity contribution in [3.8, 4) is 0 Å². The third-order valence-electron chi connectivity index (χ3n) is 5.32. The summed E-state index contributed by atoms with van der Waals surface area (Å²) in [4.78, 5) is 6.90. The van der Waals surface area contributed by atoms with Crippen LogP contribution in [0.4, 0.5) is 5.69 Å². The van der Waals surface area contributed by atoms with Crippen molar-refractivity contribution < 1.29 is 0 Å². The van der Waals surface area contributed by atoms with Gasteiger partial charge in [0, 0.05) is 31.9 Å². The highest BCUT2D eigenvalue weighted by Crippen LogP contribution is 2.34. The van der Waals surface area contributed by atoms with E-state index in [1.54, 1.807) is 0 Å². The van der Waals surface area contributed by atoms with Crippen LogP contribution in [0.1, 0.15) is 57.6 Å². The summed E-state index contributed by atoms with van der Waals surface area (Å²) < 4.78 is 0. The van der Waals surface area contributed by atoms with Crippen molar-refractivity contribution in [3.05, 3.63) is 29.8 Å². The van der Waals surface area contributed by atoms with Gasteiger partial charge in [-0.25, -0.2) is 0 Å². The zero-order valence-electron chi connectivity index (χ0n) is 15.4. The maximum atomic E-state index is 4.41. The number of benzene rings is 1. The number of anilines is 1. The Balaban J connectivity index is 1.57. The van der Waals surface area contributed by atoms with Crippen LogP contribution in [-0.2, 0) is 0 Å².